The molecule has 2 aromatic carbocycles. The van der Waals surface area contributed by atoms with E-state index in [2.05, 4.69) is 0 Å². The zero-order valence-corrected chi connectivity index (χ0v) is 17.4. The van der Waals surface area contributed by atoms with Crippen molar-refractivity contribution in [3.63, 3.8) is 0 Å². The summed E-state index contributed by atoms with van der Waals surface area (Å²) in [5, 5.41) is 10.9. The van der Waals surface area contributed by atoms with Crippen LogP contribution in [0.1, 0.15) is 32.7 Å². The maximum atomic E-state index is 13.6. The first-order valence-electron chi connectivity index (χ1n) is 9.35. The molecule has 0 saturated heterocycles. The van der Waals surface area contributed by atoms with Gasteiger partial charge in [-0.1, -0.05) is 41.9 Å². The number of methoxy groups -OCH3 is 1. The fourth-order valence-corrected chi connectivity index (χ4v) is 3.88. The van der Waals surface area contributed by atoms with Crippen molar-refractivity contribution in [3.05, 3.63) is 87.3 Å². The van der Waals surface area contributed by atoms with Crippen LogP contribution in [0.4, 0.5) is 4.39 Å². The maximum absolute atomic E-state index is 13.6. The van der Waals surface area contributed by atoms with Gasteiger partial charge in [-0.25, -0.2) is 9.18 Å². The van der Waals surface area contributed by atoms with Gasteiger partial charge in [-0.2, -0.15) is 0 Å². The highest BCUT2D eigenvalue weighted by atomic mass is 35.5. The highest BCUT2D eigenvalue weighted by Crippen LogP contribution is 2.37. The van der Waals surface area contributed by atoms with Gasteiger partial charge in [0.15, 0.2) is 5.78 Å². The number of ketones is 1. The molecule has 0 spiro atoms. The molecule has 3 aromatic rings. The van der Waals surface area contributed by atoms with E-state index in [1.807, 2.05) is 12.1 Å². The number of aromatic hydroxyl groups is 1. The van der Waals surface area contributed by atoms with Gasteiger partial charge in [-0.15, -0.1) is 0 Å². The lowest BCUT2D eigenvalue weighted by atomic mass is 9.90. The minimum atomic E-state index is -0.682. The molecular formula is C24H17ClFNO4. The number of ether oxygens (including phenoxy) is 1. The lowest BCUT2D eigenvalue weighted by Crippen LogP contribution is -2.07. The molecule has 31 heavy (non-hydrogen) atoms. The number of aromatic nitrogens is 1. The van der Waals surface area contributed by atoms with Crippen molar-refractivity contribution in [3.8, 4) is 11.6 Å². The van der Waals surface area contributed by atoms with E-state index >= 15 is 0 Å². The smallest absolute Gasteiger partial charge is 0.340 e. The van der Waals surface area contributed by atoms with Gasteiger partial charge in [-0.05, 0) is 48.4 Å². The summed E-state index contributed by atoms with van der Waals surface area (Å²) in [5.41, 5.74) is 2.77. The van der Waals surface area contributed by atoms with Gasteiger partial charge in [0.05, 0.1) is 28.9 Å². The van der Waals surface area contributed by atoms with Crippen LogP contribution in [-0.2, 0) is 9.53 Å². The van der Waals surface area contributed by atoms with Crippen LogP contribution in [0.15, 0.2) is 48.5 Å². The Bertz CT molecular complexity index is 1300. The third-order valence-corrected chi connectivity index (χ3v) is 5.48. The third-order valence-electron chi connectivity index (χ3n) is 5.19. The van der Waals surface area contributed by atoms with Crippen molar-refractivity contribution in [2.24, 2.45) is 0 Å². The quantitative estimate of drug-likeness (QED) is 0.451. The van der Waals surface area contributed by atoms with Crippen LogP contribution < -0.4 is 0 Å². The zero-order chi connectivity index (χ0) is 22.3. The second kappa shape index (κ2) is 7.89. The number of nitrogens with zero attached hydrogens (tertiary/aromatic N) is 1. The summed E-state index contributed by atoms with van der Waals surface area (Å²) in [6.07, 6.45) is 4.63. The van der Waals surface area contributed by atoms with E-state index in [9.17, 15) is 19.1 Å². The second-order valence-corrected chi connectivity index (χ2v) is 7.37. The molecule has 1 N–H and O–H groups in total. The summed E-state index contributed by atoms with van der Waals surface area (Å²) in [6.45, 7) is 1.61. The summed E-state index contributed by atoms with van der Waals surface area (Å²) < 4.78 is 19.9. The fraction of sp³-hybridized carbons (Fsp3) is 0.0833. The molecule has 5 nitrogen and oxygen atoms in total. The number of fused-ring (bicyclic) bond motifs is 1. The average Bonchev–Trinajstić information content (AvgIpc) is 3.01. The molecule has 1 aliphatic carbocycles. The maximum Gasteiger partial charge on any atom is 0.340 e. The standard InChI is InChI=1S/C24H17ClFNO4/c1-13-22(24(30)31-2)18(23(29)27(13)15-8-9-20(26)19(25)11-15)12-17-16-6-4-3-5-14(16)7-10-21(17)28/h3-12,29H,1-2H3. The minimum Gasteiger partial charge on any atom is -0.494 e. The molecule has 1 aromatic heterocycles. The summed E-state index contributed by atoms with van der Waals surface area (Å²) in [6, 6.07) is 11.2. The van der Waals surface area contributed by atoms with Crippen LogP contribution in [0.2, 0.25) is 5.02 Å². The van der Waals surface area contributed by atoms with Gasteiger partial charge in [0.2, 0.25) is 5.88 Å². The van der Waals surface area contributed by atoms with E-state index in [1.165, 1.54) is 36.0 Å². The van der Waals surface area contributed by atoms with Gasteiger partial charge in [0, 0.05) is 11.3 Å². The number of esters is 1. The SMILES string of the molecule is COC(=O)c1c(C=C2C(=O)C=Cc3ccccc32)c(O)n(-c2ccc(F)c(Cl)c2)c1C. The first kappa shape index (κ1) is 20.6. The Kier molecular flexibility index (Phi) is 5.25. The number of hydrogen-bond acceptors (Lipinski definition) is 4. The largest absolute Gasteiger partial charge is 0.494 e. The molecule has 7 heteroatoms. The molecule has 0 fully saturated rings. The van der Waals surface area contributed by atoms with Crippen LogP contribution in [0, 0.1) is 12.7 Å². The van der Waals surface area contributed by atoms with Crippen molar-refractivity contribution in [2.45, 2.75) is 6.92 Å². The normalized spacial score (nSPS) is 14.1. The van der Waals surface area contributed by atoms with Crippen molar-refractivity contribution < 1.29 is 23.8 Å². The monoisotopic (exact) mass is 437 g/mol. The summed E-state index contributed by atoms with van der Waals surface area (Å²) >= 11 is 5.91. The van der Waals surface area contributed by atoms with Gasteiger partial charge in [-0.3, -0.25) is 9.36 Å². The summed E-state index contributed by atoms with van der Waals surface area (Å²) in [4.78, 5) is 25.2. The summed E-state index contributed by atoms with van der Waals surface area (Å²) in [5.74, 6) is -1.85. The zero-order valence-electron chi connectivity index (χ0n) is 16.6. The van der Waals surface area contributed by atoms with Crippen LogP contribution in [0.25, 0.3) is 23.4 Å². The molecule has 0 radical (unpaired) electrons. The molecule has 4 rings (SSSR count). The number of halogens is 2. The Morgan fingerprint density at radius 3 is 2.65 bits per heavy atom. The molecule has 0 aliphatic heterocycles. The molecule has 1 heterocycles. The summed E-state index contributed by atoms with van der Waals surface area (Å²) in [7, 11) is 1.23. The molecule has 0 saturated carbocycles. The van der Waals surface area contributed by atoms with Crippen molar-refractivity contribution >= 4 is 41.1 Å². The predicted molar refractivity (Wildman–Crippen MR) is 117 cm³/mol. The molecule has 156 valence electrons. The Labute approximate surface area is 182 Å². The molecule has 0 bridgehead atoms. The van der Waals surface area contributed by atoms with Crippen LogP contribution >= 0.6 is 11.6 Å². The first-order valence-corrected chi connectivity index (χ1v) is 9.72. The van der Waals surface area contributed by atoms with E-state index in [4.69, 9.17) is 16.3 Å². The van der Waals surface area contributed by atoms with Gasteiger partial charge >= 0.3 is 5.97 Å². The van der Waals surface area contributed by atoms with Gasteiger partial charge < -0.3 is 9.84 Å². The topological polar surface area (TPSA) is 68.5 Å². The fourth-order valence-electron chi connectivity index (χ4n) is 3.70. The van der Waals surface area contributed by atoms with Gasteiger partial charge in [0.1, 0.15) is 5.82 Å². The lowest BCUT2D eigenvalue weighted by Gasteiger charge is -2.13. The van der Waals surface area contributed by atoms with E-state index in [0.717, 1.165) is 11.6 Å². The van der Waals surface area contributed by atoms with Gasteiger partial charge in [0.25, 0.3) is 0 Å². The lowest BCUT2D eigenvalue weighted by molar-refractivity contribution is -0.109. The second-order valence-electron chi connectivity index (χ2n) is 6.97. The van der Waals surface area contributed by atoms with Crippen LogP contribution in [0.3, 0.4) is 0 Å². The first-order chi connectivity index (χ1) is 14.8. The number of hydrogen-bond donors (Lipinski definition) is 1. The third kappa shape index (κ3) is 3.45. The number of rotatable bonds is 3. The molecule has 0 atom stereocenters. The highest BCUT2D eigenvalue weighted by Gasteiger charge is 2.27. The van der Waals surface area contributed by atoms with E-state index in [-0.39, 0.29) is 27.8 Å². The number of benzene rings is 2. The van der Waals surface area contributed by atoms with E-state index in [1.54, 1.807) is 25.1 Å². The molecular weight excluding hydrogens is 421 g/mol. The predicted octanol–water partition coefficient (Wildman–Crippen LogP) is 5.21. The van der Waals surface area contributed by atoms with Crippen LogP contribution in [0.5, 0.6) is 5.88 Å². The Balaban J connectivity index is 1.99. The number of carbonyl (C=O) groups is 2. The van der Waals surface area contributed by atoms with Crippen LogP contribution in [-0.4, -0.2) is 28.5 Å². The van der Waals surface area contributed by atoms with E-state index in [0.29, 0.717) is 22.5 Å². The molecule has 0 amide bonds. The minimum absolute atomic E-state index is 0.0905. The average molecular weight is 438 g/mol. The Morgan fingerprint density at radius 2 is 1.94 bits per heavy atom. The number of allylic oxidation sites excluding steroid dienone is 2. The Morgan fingerprint density at radius 1 is 1.19 bits per heavy atom. The Hall–Kier alpha value is -3.64. The number of carbonyl (C=O) groups excluding carboxylic acids is 2. The molecule has 1 aliphatic rings. The van der Waals surface area contributed by atoms with E-state index < -0.39 is 11.8 Å². The highest BCUT2D eigenvalue weighted by molar-refractivity contribution is 6.33. The van der Waals surface area contributed by atoms with Crippen molar-refractivity contribution in [2.75, 3.05) is 7.11 Å². The molecule has 0 unspecified atom stereocenters. The van der Waals surface area contributed by atoms with Crippen molar-refractivity contribution in [1.82, 2.24) is 4.57 Å². The van der Waals surface area contributed by atoms with Crippen molar-refractivity contribution in [1.29, 1.82) is 0 Å².